The molecule has 0 amide bonds. The van der Waals surface area contributed by atoms with Gasteiger partial charge in [0.1, 0.15) is 6.79 Å². The molecule has 58 valence electrons. The summed E-state index contributed by atoms with van der Waals surface area (Å²) in [5.41, 5.74) is 0. The van der Waals surface area contributed by atoms with Crippen LogP contribution in [0.25, 0.3) is 0 Å². The lowest BCUT2D eigenvalue weighted by Crippen LogP contribution is -1.79. The minimum atomic E-state index is 0.500. The zero-order chi connectivity index (χ0) is 7.54. The molecule has 1 fully saturated rings. The Morgan fingerprint density at radius 2 is 1.11 bits per heavy atom. The molecule has 1 saturated heterocycles. The fourth-order valence-electron chi connectivity index (χ4n) is 0.295. The van der Waals surface area contributed by atoms with E-state index in [1.807, 2.05) is 27.7 Å². The molecule has 1 rings (SSSR count). The van der Waals surface area contributed by atoms with Crippen molar-refractivity contribution < 1.29 is 9.47 Å². The zero-order valence-corrected chi connectivity index (χ0v) is 6.94. The van der Waals surface area contributed by atoms with Gasteiger partial charge in [-0.1, -0.05) is 27.7 Å². The van der Waals surface area contributed by atoms with Crippen molar-refractivity contribution >= 4 is 0 Å². The average Bonchev–Trinajstić information content (AvgIpc) is 2.51. The summed E-state index contributed by atoms with van der Waals surface area (Å²) in [6, 6.07) is 0. The molecule has 0 spiro atoms. The third-order valence-electron chi connectivity index (χ3n) is 0.539. The van der Waals surface area contributed by atoms with E-state index in [4.69, 9.17) is 9.47 Å². The fourth-order valence-corrected chi connectivity index (χ4v) is 0.295. The van der Waals surface area contributed by atoms with Crippen molar-refractivity contribution in [2.75, 3.05) is 20.0 Å². The second kappa shape index (κ2) is 15.7. The molecule has 1 aliphatic rings. The molecule has 1 heterocycles. The number of ether oxygens (including phenoxy) is 2. The first-order valence-corrected chi connectivity index (χ1v) is 3.65. The van der Waals surface area contributed by atoms with Gasteiger partial charge in [0.05, 0.1) is 13.2 Å². The molecule has 2 heteroatoms. The summed E-state index contributed by atoms with van der Waals surface area (Å²) in [6.45, 7) is 10.1. The third kappa shape index (κ3) is 11.5. The molecule has 0 aromatic carbocycles. The largest absolute Gasteiger partial charge is 0.353 e. The summed E-state index contributed by atoms with van der Waals surface area (Å²) in [6.07, 6.45) is 0. The smallest absolute Gasteiger partial charge is 0.146 e. The summed E-state index contributed by atoms with van der Waals surface area (Å²) in [4.78, 5) is 0. The molecule has 0 radical (unpaired) electrons. The molecular formula is C7H18O2. The van der Waals surface area contributed by atoms with E-state index in [-0.39, 0.29) is 0 Å². The van der Waals surface area contributed by atoms with Crippen molar-refractivity contribution in [3.63, 3.8) is 0 Å². The standard InChI is InChI=1S/C3H6O2.2C2H6/c1-2-5-3-4-1;2*1-2/h1-3H2;2*1-2H3. The SMILES string of the molecule is C1COCO1.CC.CC. The minimum absolute atomic E-state index is 0.500. The highest BCUT2D eigenvalue weighted by Gasteiger charge is 1.93. The van der Waals surface area contributed by atoms with Crippen LogP contribution in [0.2, 0.25) is 0 Å². The van der Waals surface area contributed by atoms with Gasteiger partial charge in [-0.2, -0.15) is 0 Å². The summed E-state index contributed by atoms with van der Waals surface area (Å²) >= 11 is 0. The normalized spacial score (nSPS) is 14.7. The zero-order valence-electron chi connectivity index (χ0n) is 6.94. The first kappa shape index (κ1) is 11.7. The highest BCUT2D eigenvalue weighted by atomic mass is 16.7. The lowest BCUT2D eigenvalue weighted by molar-refractivity contribution is 0.0692. The lowest BCUT2D eigenvalue weighted by Gasteiger charge is -1.76. The molecule has 0 atom stereocenters. The Balaban J connectivity index is 0. The maximum atomic E-state index is 4.72. The van der Waals surface area contributed by atoms with E-state index in [0.29, 0.717) is 6.79 Å². The van der Waals surface area contributed by atoms with E-state index < -0.39 is 0 Å². The van der Waals surface area contributed by atoms with Gasteiger partial charge in [-0.15, -0.1) is 0 Å². The summed E-state index contributed by atoms with van der Waals surface area (Å²) < 4.78 is 9.44. The molecule has 0 N–H and O–H groups in total. The topological polar surface area (TPSA) is 18.5 Å². The number of hydrogen-bond donors (Lipinski definition) is 0. The van der Waals surface area contributed by atoms with Gasteiger partial charge in [0.15, 0.2) is 0 Å². The van der Waals surface area contributed by atoms with Crippen LogP contribution in [-0.4, -0.2) is 20.0 Å². The van der Waals surface area contributed by atoms with Crippen LogP contribution < -0.4 is 0 Å². The Hall–Kier alpha value is -0.0800. The van der Waals surface area contributed by atoms with Gasteiger partial charge in [0, 0.05) is 0 Å². The maximum absolute atomic E-state index is 4.72. The molecule has 0 bridgehead atoms. The third-order valence-corrected chi connectivity index (χ3v) is 0.539. The monoisotopic (exact) mass is 134 g/mol. The van der Waals surface area contributed by atoms with Gasteiger partial charge in [0.25, 0.3) is 0 Å². The lowest BCUT2D eigenvalue weighted by atomic mass is 10.8. The van der Waals surface area contributed by atoms with E-state index >= 15 is 0 Å². The van der Waals surface area contributed by atoms with E-state index in [0.717, 1.165) is 13.2 Å². The molecule has 2 nitrogen and oxygen atoms in total. The first-order chi connectivity index (χ1) is 4.50. The van der Waals surface area contributed by atoms with Crippen LogP contribution in [0, 0.1) is 0 Å². The molecule has 9 heavy (non-hydrogen) atoms. The van der Waals surface area contributed by atoms with E-state index in [2.05, 4.69) is 0 Å². The summed E-state index contributed by atoms with van der Waals surface area (Å²) in [7, 11) is 0. The molecule has 0 aromatic heterocycles. The number of rotatable bonds is 0. The van der Waals surface area contributed by atoms with Crippen molar-refractivity contribution in [2.45, 2.75) is 27.7 Å². The van der Waals surface area contributed by atoms with Crippen LogP contribution in [0.15, 0.2) is 0 Å². The fraction of sp³-hybridized carbons (Fsp3) is 1.00. The van der Waals surface area contributed by atoms with Crippen molar-refractivity contribution in [1.29, 1.82) is 0 Å². The second-order valence-corrected chi connectivity index (χ2v) is 0.934. The van der Waals surface area contributed by atoms with Gasteiger partial charge in [-0.25, -0.2) is 0 Å². The van der Waals surface area contributed by atoms with Crippen molar-refractivity contribution in [3.05, 3.63) is 0 Å². The van der Waals surface area contributed by atoms with Crippen molar-refractivity contribution in [2.24, 2.45) is 0 Å². The van der Waals surface area contributed by atoms with Gasteiger partial charge in [0.2, 0.25) is 0 Å². The number of hydrogen-bond acceptors (Lipinski definition) is 2. The van der Waals surface area contributed by atoms with E-state index in [1.165, 1.54) is 0 Å². The van der Waals surface area contributed by atoms with E-state index in [1.54, 1.807) is 0 Å². The van der Waals surface area contributed by atoms with Crippen LogP contribution in [0.4, 0.5) is 0 Å². The molecule has 0 aromatic rings. The van der Waals surface area contributed by atoms with Gasteiger partial charge in [-0.3, -0.25) is 0 Å². The maximum Gasteiger partial charge on any atom is 0.146 e. The van der Waals surface area contributed by atoms with E-state index in [9.17, 15) is 0 Å². The Kier molecular flexibility index (Phi) is 20.3. The van der Waals surface area contributed by atoms with Gasteiger partial charge < -0.3 is 9.47 Å². The highest BCUT2D eigenvalue weighted by Crippen LogP contribution is 1.85. The molecular weight excluding hydrogens is 116 g/mol. The highest BCUT2D eigenvalue weighted by molar-refractivity contribution is 4.28. The molecule has 0 aliphatic carbocycles. The van der Waals surface area contributed by atoms with Gasteiger partial charge in [-0.05, 0) is 0 Å². The van der Waals surface area contributed by atoms with Crippen molar-refractivity contribution in [1.82, 2.24) is 0 Å². The van der Waals surface area contributed by atoms with Crippen molar-refractivity contribution in [3.8, 4) is 0 Å². The van der Waals surface area contributed by atoms with Gasteiger partial charge >= 0.3 is 0 Å². The predicted molar refractivity (Wildman–Crippen MR) is 39.5 cm³/mol. The Morgan fingerprint density at radius 3 is 1.22 bits per heavy atom. The first-order valence-electron chi connectivity index (χ1n) is 3.65. The predicted octanol–water partition coefficient (Wildman–Crippen LogP) is 2.04. The van der Waals surface area contributed by atoms with Crippen LogP contribution in [0.3, 0.4) is 0 Å². The Bertz CT molecular complexity index is 18.5. The summed E-state index contributed by atoms with van der Waals surface area (Å²) in [5, 5.41) is 0. The Labute approximate surface area is 58.2 Å². The molecule has 1 aliphatic heterocycles. The second-order valence-electron chi connectivity index (χ2n) is 0.934. The minimum Gasteiger partial charge on any atom is -0.353 e. The average molecular weight is 134 g/mol. The van der Waals surface area contributed by atoms with Crippen LogP contribution in [-0.2, 0) is 9.47 Å². The van der Waals surface area contributed by atoms with Crippen LogP contribution in [0.5, 0.6) is 0 Å². The summed E-state index contributed by atoms with van der Waals surface area (Å²) in [5.74, 6) is 0. The quantitative estimate of drug-likeness (QED) is 0.504. The Morgan fingerprint density at radius 1 is 0.778 bits per heavy atom. The van der Waals surface area contributed by atoms with Crippen LogP contribution >= 0.6 is 0 Å². The van der Waals surface area contributed by atoms with Crippen LogP contribution in [0.1, 0.15) is 27.7 Å². The molecule has 0 unspecified atom stereocenters. The molecule has 0 saturated carbocycles.